The Hall–Kier alpha value is -2.33. The highest BCUT2D eigenvalue weighted by Gasteiger charge is 2.42. The summed E-state index contributed by atoms with van der Waals surface area (Å²) in [4.78, 5) is 12.9. The summed E-state index contributed by atoms with van der Waals surface area (Å²) in [5.74, 6) is 0.829. The standard InChI is InChI=1S/C19H22N2O2/c1-23-17-10-8-16(9-11-17)19(12-5-13-21-19)18(22)20-14-15-6-3-2-4-7-15/h2-4,6-11,21H,5,12-14H2,1H3,(H,20,22)/t19-/m1/s1. The highest BCUT2D eigenvalue weighted by atomic mass is 16.5. The molecule has 1 fully saturated rings. The average Bonchev–Trinajstić information content (AvgIpc) is 3.12. The van der Waals surface area contributed by atoms with E-state index in [0.29, 0.717) is 6.54 Å². The largest absolute Gasteiger partial charge is 0.497 e. The second-order valence-electron chi connectivity index (χ2n) is 5.83. The Kier molecular flexibility index (Phi) is 4.63. The molecule has 1 aliphatic heterocycles. The van der Waals surface area contributed by atoms with Crippen molar-refractivity contribution in [3.05, 3.63) is 65.7 Å². The Morgan fingerprint density at radius 3 is 2.52 bits per heavy atom. The Bertz CT molecular complexity index is 647. The monoisotopic (exact) mass is 310 g/mol. The summed E-state index contributed by atoms with van der Waals surface area (Å²) in [5, 5.41) is 6.48. The van der Waals surface area contributed by atoms with E-state index in [1.807, 2.05) is 54.6 Å². The predicted molar refractivity (Wildman–Crippen MR) is 90.2 cm³/mol. The van der Waals surface area contributed by atoms with Crippen molar-refractivity contribution in [2.24, 2.45) is 0 Å². The molecule has 0 radical (unpaired) electrons. The zero-order valence-corrected chi connectivity index (χ0v) is 13.3. The molecule has 4 heteroatoms. The van der Waals surface area contributed by atoms with Crippen molar-refractivity contribution >= 4 is 5.91 Å². The number of carbonyl (C=O) groups is 1. The van der Waals surface area contributed by atoms with Gasteiger partial charge in [0.25, 0.3) is 0 Å². The minimum Gasteiger partial charge on any atom is -0.497 e. The maximum absolute atomic E-state index is 12.9. The van der Waals surface area contributed by atoms with Crippen LogP contribution < -0.4 is 15.4 Å². The van der Waals surface area contributed by atoms with E-state index in [-0.39, 0.29) is 5.91 Å². The molecule has 0 aliphatic carbocycles. The lowest BCUT2D eigenvalue weighted by Crippen LogP contribution is -2.50. The number of methoxy groups -OCH3 is 1. The molecular weight excluding hydrogens is 288 g/mol. The summed E-state index contributed by atoms with van der Waals surface area (Å²) in [7, 11) is 1.64. The van der Waals surface area contributed by atoms with E-state index in [1.165, 1.54) is 0 Å². The van der Waals surface area contributed by atoms with Crippen LogP contribution in [0.25, 0.3) is 0 Å². The topological polar surface area (TPSA) is 50.4 Å². The maximum atomic E-state index is 12.9. The van der Waals surface area contributed by atoms with Crippen LogP contribution in [0.2, 0.25) is 0 Å². The van der Waals surface area contributed by atoms with E-state index in [4.69, 9.17) is 4.74 Å². The highest BCUT2D eigenvalue weighted by Crippen LogP contribution is 2.32. The molecule has 0 unspecified atom stereocenters. The molecule has 0 bridgehead atoms. The Morgan fingerprint density at radius 1 is 1.17 bits per heavy atom. The third-order valence-corrected chi connectivity index (χ3v) is 4.42. The lowest BCUT2D eigenvalue weighted by atomic mass is 9.87. The van der Waals surface area contributed by atoms with E-state index in [2.05, 4.69) is 10.6 Å². The summed E-state index contributed by atoms with van der Waals surface area (Å²) in [6.45, 7) is 1.39. The minimum atomic E-state index is -0.638. The molecule has 2 N–H and O–H groups in total. The molecule has 2 aromatic rings. The van der Waals surface area contributed by atoms with Gasteiger partial charge in [0.2, 0.25) is 5.91 Å². The van der Waals surface area contributed by atoms with Crippen molar-refractivity contribution in [1.29, 1.82) is 0 Å². The number of amides is 1. The normalized spacial score (nSPS) is 20.2. The molecule has 0 saturated carbocycles. The summed E-state index contributed by atoms with van der Waals surface area (Å²) in [6, 6.07) is 17.7. The predicted octanol–water partition coefficient (Wildman–Crippen LogP) is 2.59. The van der Waals surface area contributed by atoms with E-state index in [0.717, 1.165) is 36.3 Å². The number of hydrogen-bond acceptors (Lipinski definition) is 3. The fourth-order valence-electron chi connectivity index (χ4n) is 3.12. The molecule has 2 aromatic carbocycles. The van der Waals surface area contributed by atoms with Crippen molar-refractivity contribution < 1.29 is 9.53 Å². The average molecular weight is 310 g/mol. The van der Waals surface area contributed by atoms with Gasteiger partial charge in [0.1, 0.15) is 11.3 Å². The molecule has 1 saturated heterocycles. The minimum absolute atomic E-state index is 0.0315. The number of carbonyl (C=O) groups excluding carboxylic acids is 1. The zero-order chi connectivity index (χ0) is 16.1. The van der Waals surface area contributed by atoms with Crippen LogP contribution in [0.1, 0.15) is 24.0 Å². The van der Waals surface area contributed by atoms with Gasteiger partial charge >= 0.3 is 0 Å². The first-order valence-electron chi connectivity index (χ1n) is 7.96. The van der Waals surface area contributed by atoms with E-state index >= 15 is 0 Å². The number of ether oxygens (including phenoxy) is 1. The van der Waals surface area contributed by atoms with Crippen LogP contribution in [-0.4, -0.2) is 19.6 Å². The lowest BCUT2D eigenvalue weighted by molar-refractivity contribution is -0.127. The molecule has 0 spiro atoms. The van der Waals surface area contributed by atoms with Gasteiger partial charge in [0.05, 0.1) is 7.11 Å². The van der Waals surface area contributed by atoms with Crippen LogP contribution in [0, 0.1) is 0 Å². The highest BCUT2D eigenvalue weighted by molar-refractivity contribution is 5.88. The molecule has 120 valence electrons. The van der Waals surface area contributed by atoms with Crippen LogP contribution in [0.3, 0.4) is 0 Å². The Labute approximate surface area is 136 Å². The van der Waals surface area contributed by atoms with Gasteiger partial charge < -0.3 is 10.1 Å². The maximum Gasteiger partial charge on any atom is 0.245 e. The van der Waals surface area contributed by atoms with E-state index in [9.17, 15) is 4.79 Å². The Balaban J connectivity index is 1.78. The fourth-order valence-corrected chi connectivity index (χ4v) is 3.12. The summed E-state index contributed by atoms with van der Waals surface area (Å²) >= 11 is 0. The Morgan fingerprint density at radius 2 is 1.91 bits per heavy atom. The molecule has 23 heavy (non-hydrogen) atoms. The van der Waals surface area contributed by atoms with Gasteiger partial charge in [-0.1, -0.05) is 42.5 Å². The molecule has 1 aliphatic rings. The second-order valence-corrected chi connectivity index (χ2v) is 5.83. The molecule has 4 nitrogen and oxygen atoms in total. The van der Waals surface area contributed by atoms with Crippen molar-refractivity contribution in [3.8, 4) is 5.75 Å². The van der Waals surface area contributed by atoms with Gasteiger partial charge in [-0.05, 0) is 42.6 Å². The third kappa shape index (κ3) is 3.22. The first-order valence-corrected chi connectivity index (χ1v) is 7.96. The summed E-state index contributed by atoms with van der Waals surface area (Å²) in [6.07, 6.45) is 1.80. The zero-order valence-electron chi connectivity index (χ0n) is 13.3. The quantitative estimate of drug-likeness (QED) is 0.892. The van der Waals surface area contributed by atoms with Gasteiger partial charge in [-0.2, -0.15) is 0 Å². The fraction of sp³-hybridized carbons (Fsp3) is 0.316. The van der Waals surface area contributed by atoms with Gasteiger partial charge in [-0.3, -0.25) is 10.1 Å². The van der Waals surface area contributed by atoms with Gasteiger partial charge in [-0.15, -0.1) is 0 Å². The second kappa shape index (κ2) is 6.84. The van der Waals surface area contributed by atoms with E-state index < -0.39 is 5.54 Å². The van der Waals surface area contributed by atoms with Crippen molar-refractivity contribution in [2.45, 2.75) is 24.9 Å². The third-order valence-electron chi connectivity index (χ3n) is 4.42. The lowest BCUT2D eigenvalue weighted by Gasteiger charge is -2.29. The van der Waals surface area contributed by atoms with Crippen molar-refractivity contribution in [2.75, 3.05) is 13.7 Å². The molecular formula is C19H22N2O2. The van der Waals surface area contributed by atoms with Crippen molar-refractivity contribution in [3.63, 3.8) is 0 Å². The molecule has 1 amide bonds. The van der Waals surface area contributed by atoms with Gasteiger partial charge in [0, 0.05) is 6.54 Å². The van der Waals surface area contributed by atoms with Crippen LogP contribution >= 0.6 is 0 Å². The van der Waals surface area contributed by atoms with Crippen LogP contribution in [-0.2, 0) is 16.9 Å². The molecule has 0 aromatic heterocycles. The first kappa shape index (κ1) is 15.6. The van der Waals surface area contributed by atoms with Crippen LogP contribution in [0.15, 0.2) is 54.6 Å². The summed E-state index contributed by atoms with van der Waals surface area (Å²) < 4.78 is 5.21. The van der Waals surface area contributed by atoms with Gasteiger partial charge in [0.15, 0.2) is 0 Å². The number of rotatable bonds is 5. The van der Waals surface area contributed by atoms with Gasteiger partial charge in [-0.25, -0.2) is 0 Å². The van der Waals surface area contributed by atoms with Crippen LogP contribution in [0.4, 0.5) is 0 Å². The van der Waals surface area contributed by atoms with Crippen LogP contribution in [0.5, 0.6) is 5.75 Å². The van der Waals surface area contributed by atoms with E-state index in [1.54, 1.807) is 7.11 Å². The first-order chi connectivity index (χ1) is 11.2. The number of hydrogen-bond donors (Lipinski definition) is 2. The molecule has 1 atom stereocenters. The number of benzene rings is 2. The smallest absolute Gasteiger partial charge is 0.245 e. The number of nitrogens with one attached hydrogen (secondary N) is 2. The molecule has 1 heterocycles. The molecule has 3 rings (SSSR count). The SMILES string of the molecule is COc1ccc([C@@]2(C(=O)NCc3ccccc3)CCCN2)cc1. The summed E-state index contributed by atoms with van der Waals surface area (Å²) in [5.41, 5.74) is 1.45. The van der Waals surface area contributed by atoms with Crippen molar-refractivity contribution in [1.82, 2.24) is 10.6 Å².